The second kappa shape index (κ2) is 15.0. The molecule has 4 nitrogen and oxygen atoms in total. The molecule has 0 saturated carbocycles. The number of aryl methyl sites for hydroxylation is 1. The van der Waals surface area contributed by atoms with E-state index in [1.807, 2.05) is 0 Å². The molecule has 0 fully saturated rings. The Bertz CT molecular complexity index is 1540. The third-order valence-electron chi connectivity index (χ3n) is 8.38. The fourth-order valence-electron chi connectivity index (χ4n) is 5.96. The fraction of sp³-hybridized carbons (Fsp3) is 0.395. The number of benzene rings is 5. The van der Waals surface area contributed by atoms with Crippen molar-refractivity contribution in [3.05, 3.63) is 90.0 Å². The van der Waals surface area contributed by atoms with Gasteiger partial charge in [0.15, 0.2) is 0 Å². The SMILES string of the molecule is CN(C)c1ccc(CCOCCCCCCCCOC(=O)CCCc2ccc3ccc4cccc5ccc2c3c45)cc1. The summed E-state index contributed by atoms with van der Waals surface area (Å²) in [5.74, 6) is -0.0708. The molecule has 0 bridgehead atoms. The molecule has 0 aromatic heterocycles. The summed E-state index contributed by atoms with van der Waals surface area (Å²) in [5.41, 5.74) is 3.86. The summed E-state index contributed by atoms with van der Waals surface area (Å²) in [6.07, 6.45) is 9.90. The molecule has 0 radical (unpaired) electrons. The molecule has 42 heavy (non-hydrogen) atoms. The van der Waals surface area contributed by atoms with Gasteiger partial charge < -0.3 is 14.4 Å². The number of unbranched alkanes of at least 4 members (excludes halogenated alkanes) is 5. The zero-order chi connectivity index (χ0) is 29.1. The molecule has 0 aliphatic carbocycles. The van der Waals surface area contributed by atoms with Gasteiger partial charge in [0.1, 0.15) is 0 Å². The van der Waals surface area contributed by atoms with Crippen LogP contribution in [0.4, 0.5) is 5.69 Å². The Kier molecular flexibility index (Phi) is 10.7. The number of nitrogens with zero attached hydrogens (tertiary/aromatic N) is 1. The second-order valence-electron chi connectivity index (χ2n) is 11.7. The zero-order valence-electron chi connectivity index (χ0n) is 25.4. The van der Waals surface area contributed by atoms with Gasteiger partial charge >= 0.3 is 5.97 Å². The summed E-state index contributed by atoms with van der Waals surface area (Å²) in [4.78, 5) is 14.4. The number of anilines is 1. The van der Waals surface area contributed by atoms with Gasteiger partial charge in [-0.2, -0.15) is 0 Å². The van der Waals surface area contributed by atoms with E-state index in [9.17, 15) is 4.79 Å². The highest BCUT2D eigenvalue weighted by molar-refractivity contribution is 6.23. The van der Waals surface area contributed by atoms with Crippen molar-refractivity contribution in [2.24, 2.45) is 0 Å². The van der Waals surface area contributed by atoms with Crippen LogP contribution in [0, 0.1) is 0 Å². The summed E-state index contributed by atoms with van der Waals surface area (Å²) in [6, 6.07) is 28.5. The van der Waals surface area contributed by atoms with Crippen molar-refractivity contribution in [3.63, 3.8) is 0 Å². The van der Waals surface area contributed by atoms with Crippen molar-refractivity contribution in [1.82, 2.24) is 0 Å². The fourth-order valence-corrected chi connectivity index (χ4v) is 5.96. The Hall–Kier alpha value is -3.63. The standard InChI is InChI=1S/C38H45NO3/c1-39(2)34-22-15-29(16-23-34)25-28-41-26-7-5-3-4-6-8-27-42-36(40)14-10-11-30-17-18-33-20-19-31-12-9-13-32-21-24-35(30)38(33)37(31)32/h9,12-13,15-24H,3-8,10-11,14,25-28H2,1-2H3. The van der Waals surface area contributed by atoms with E-state index >= 15 is 0 Å². The van der Waals surface area contributed by atoms with Crippen LogP contribution in [0.2, 0.25) is 0 Å². The quantitative estimate of drug-likeness (QED) is 0.0642. The molecule has 0 aliphatic rings. The summed E-state index contributed by atoms with van der Waals surface area (Å²) in [6.45, 7) is 2.16. The number of hydrogen-bond donors (Lipinski definition) is 0. The van der Waals surface area contributed by atoms with Gasteiger partial charge in [-0.05, 0) is 87.7 Å². The van der Waals surface area contributed by atoms with E-state index in [0.29, 0.717) is 13.0 Å². The van der Waals surface area contributed by atoms with E-state index < -0.39 is 0 Å². The monoisotopic (exact) mass is 563 g/mol. The number of rotatable bonds is 17. The van der Waals surface area contributed by atoms with Crippen molar-refractivity contribution in [2.45, 2.75) is 64.2 Å². The first-order chi connectivity index (χ1) is 20.6. The molecule has 0 amide bonds. The van der Waals surface area contributed by atoms with Crippen LogP contribution in [0.1, 0.15) is 62.5 Å². The van der Waals surface area contributed by atoms with E-state index in [4.69, 9.17) is 9.47 Å². The van der Waals surface area contributed by atoms with E-state index in [-0.39, 0.29) is 5.97 Å². The second-order valence-corrected chi connectivity index (χ2v) is 11.7. The first kappa shape index (κ1) is 29.8. The number of carbonyl (C=O) groups is 1. The predicted molar refractivity (Wildman–Crippen MR) is 177 cm³/mol. The molecular formula is C38H45NO3. The van der Waals surface area contributed by atoms with Gasteiger partial charge in [-0.15, -0.1) is 0 Å². The lowest BCUT2D eigenvalue weighted by Crippen LogP contribution is -2.08. The highest BCUT2D eigenvalue weighted by Crippen LogP contribution is 2.36. The lowest BCUT2D eigenvalue weighted by atomic mass is 9.90. The van der Waals surface area contributed by atoms with Crippen molar-refractivity contribution >= 4 is 44.0 Å². The van der Waals surface area contributed by atoms with E-state index in [1.54, 1.807) is 0 Å². The minimum atomic E-state index is -0.0708. The van der Waals surface area contributed by atoms with Crippen LogP contribution >= 0.6 is 0 Å². The van der Waals surface area contributed by atoms with Crippen molar-refractivity contribution in [3.8, 4) is 0 Å². The minimum Gasteiger partial charge on any atom is -0.466 e. The Labute approximate surface area is 251 Å². The molecule has 0 aliphatic heterocycles. The number of esters is 1. The van der Waals surface area contributed by atoms with E-state index in [1.165, 1.54) is 68.4 Å². The third-order valence-corrected chi connectivity index (χ3v) is 8.38. The molecule has 0 N–H and O–H groups in total. The minimum absolute atomic E-state index is 0.0708. The van der Waals surface area contributed by atoms with Gasteiger partial charge in [-0.1, -0.05) is 92.4 Å². The topological polar surface area (TPSA) is 38.8 Å². The highest BCUT2D eigenvalue weighted by atomic mass is 16.5. The first-order valence-electron chi connectivity index (χ1n) is 15.8. The Morgan fingerprint density at radius 1 is 0.619 bits per heavy atom. The number of ether oxygens (including phenoxy) is 2. The first-order valence-corrected chi connectivity index (χ1v) is 15.8. The van der Waals surface area contributed by atoms with Crippen LogP contribution in [-0.2, 0) is 27.1 Å². The average molecular weight is 564 g/mol. The average Bonchev–Trinajstić information content (AvgIpc) is 3.01. The zero-order valence-corrected chi connectivity index (χ0v) is 25.4. The molecule has 0 heterocycles. The molecule has 4 heteroatoms. The van der Waals surface area contributed by atoms with Crippen LogP contribution in [0.5, 0.6) is 0 Å². The molecule has 0 spiro atoms. The van der Waals surface area contributed by atoms with Crippen LogP contribution in [0.15, 0.2) is 78.9 Å². The smallest absolute Gasteiger partial charge is 0.305 e. The van der Waals surface area contributed by atoms with Crippen molar-refractivity contribution in [2.75, 3.05) is 38.8 Å². The third kappa shape index (κ3) is 7.80. The van der Waals surface area contributed by atoms with Gasteiger partial charge in [0.2, 0.25) is 0 Å². The summed E-state index contributed by atoms with van der Waals surface area (Å²) < 4.78 is 11.4. The lowest BCUT2D eigenvalue weighted by Gasteiger charge is -2.14. The Morgan fingerprint density at radius 2 is 1.26 bits per heavy atom. The van der Waals surface area contributed by atoms with Gasteiger partial charge in [0.25, 0.3) is 0 Å². The van der Waals surface area contributed by atoms with Gasteiger partial charge in [0, 0.05) is 32.8 Å². The molecule has 5 aromatic carbocycles. The van der Waals surface area contributed by atoms with Crippen molar-refractivity contribution < 1.29 is 14.3 Å². The van der Waals surface area contributed by atoms with Gasteiger partial charge in [-0.3, -0.25) is 4.79 Å². The molecule has 0 unspecified atom stereocenters. The molecule has 0 atom stereocenters. The van der Waals surface area contributed by atoms with Crippen molar-refractivity contribution in [1.29, 1.82) is 0 Å². The molecular weight excluding hydrogens is 518 g/mol. The summed E-state index contributed by atoms with van der Waals surface area (Å²) in [7, 11) is 4.12. The molecule has 0 saturated heterocycles. The summed E-state index contributed by atoms with van der Waals surface area (Å²) in [5, 5.41) is 7.86. The van der Waals surface area contributed by atoms with Crippen LogP contribution in [0.3, 0.4) is 0 Å². The molecule has 5 aromatic rings. The van der Waals surface area contributed by atoms with Crippen LogP contribution < -0.4 is 4.90 Å². The Morgan fingerprint density at radius 3 is 2.00 bits per heavy atom. The van der Waals surface area contributed by atoms with Crippen LogP contribution in [0.25, 0.3) is 32.3 Å². The number of hydrogen-bond acceptors (Lipinski definition) is 4. The number of carbonyl (C=O) groups excluding carboxylic acids is 1. The highest BCUT2D eigenvalue weighted by Gasteiger charge is 2.11. The normalized spacial score (nSPS) is 11.6. The van der Waals surface area contributed by atoms with Gasteiger partial charge in [-0.25, -0.2) is 0 Å². The maximum atomic E-state index is 12.3. The molecule has 220 valence electrons. The van der Waals surface area contributed by atoms with E-state index in [2.05, 4.69) is 97.9 Å². The van der Waals surface area contributed by atoms with Crippen LogP contribution in [-0.4, -0.2) is 39.9 Å². The largest absolute Gasteiger partial charge is 0.466 e. The predicted octanol–water partition coefficient (Wildman–Crippen LogP) is 9.12. The van der Waals surface area contributed by atoms with E-state index in [0.717, 1.165) is 51.7 Å². The maximum absolute atomic E-state index is 12.3. The van der Waals surface area contributed by atoms with Gasteiger partial charge in [0.05, 0.1) is 13.2 Å². The Balaban J connectivity index is 0.898. The maximum Gasteiger partial charge on any atom is 0.305 e. The lowest BCUT2D eigenvalue weighted by molar-refractivity contribution is -0.143. The molecule has 5 rings (SSSR count). The summed E-state index contributed by atoms with van der Waals surface area (Å²) >= 11 is 0.